The van der Waals surface area contributed by atoms with Gasteiger partial charge in [-0.2, -0.15) is 0 Å². The van der Waals surface area contributed by atoms with Crippen molar-refractivity contribution in [2.75, 3.05) is 39.6 Å². The van der Waals surface area contributed by atoms with Gasteiger partial charge in [-0.3, -0.25) is 4.90 Å². The van der Waals surface area contributed by atoms with Crippen molar-refractivity contribution >= 4 is 0 Å². The molecule has 1 aliphatic heterocycles. The second kappa shape index (κ2) is 6.63. The van der Waals surface area contributed by atoms with Crippen molar-refractivity contribution in [3.05, 3.63) is 35.9 Å². The summed E-state index contributed by atoms with van der Waals surface area (Å²) in [6.45, 7) is 5.18. The molecule has 3 heteroatoms. The van der Waals surface area contributed by atoms with E-state index in [0.29, 0.717) is 0 Å². The molecule has 1 aromatic rings. The lowest BCUT2D eigenvalue weighted by molar-refractivity contribution is -0.0319. The largest absolute Gasteiger partial charge is 0.379 e. The summed E-state index contributed by atoms with van der Waals surface area (Å²) in [7, 11) is 0. The van der Waals surface area contributed by atoms with Crippen LogP contribution < -0.4 is 0 Å². The van der Waals surface area contributed by atoms with Gasteiger partial charge in [-0.15, -0.1) is 0 Å². The molecule has 2 rings (SSSR count). The van der Waals surface area contributed by atoms with E-state index >= 15 is 0 Å². The van der Waals surface area contributed by atoms with Crippen LogP contribution >= 0.6 is 0 Å². The molecule has 1 heterocycles. The van der Waals surface area contributed by atoms with Crippen molar-refractivity contribution in [2.45, 2.75) is 6.42 Å². The van der Waals surface area contributed by atoms with Crippen LogP contribution in [0.25, 0.3) is 0 Å². The highest BCUT2D eigenvalue weighted by Crippen LogP contribution is 2.01. The first kappa shape index (κ1) is 11.6. The van der Waals surface area contributed by atoms with E-state index in [1.54, 1.807) is 0 Å². The molecule has 3 nitrogen and oxygen atoms in total. The van der Waals surface area contributed by atoms with Gasteiger partial charge in [0.15, 0.2) is 0 Å². The molecule has 0 spiro atoms. The van der Waals surface area contributed by atoms with Gasteiger partial charge in [0.25, 0.3) is 0 Å². The van der Waals surface area contributed by atoms with Crippen LogP contribution in [0.15, 0.2) is 30.3 Å². The fraction of sp³-hybridized carbons (Fsp3) is 0.538. The normalized spacial score (nSPS) is 17.5. The minimum Gasteiger partial charge on any atom is -0.379 e. The number of hydrogen-bond donors (Lipinski definition) is 0. The van der Waals surface area contributed by atoms with Gasteiger partial charge in [-0.05, 0) is 12.0 Å². The smallest absolute Gasteiger partial charge is 0.0991 e. The molecule has 16 heavy (non-hydrogen) atoms. The maximum atomic E-state index is 5.65. The van der Waals surface area contributed by atoms with E-state index in [9.17, 15) is 0 Å². The third kappa shape index (κ3) is 3.93. The van der Waals surface area contributed by atoms with Gasteiger partial charge in [-0.1, -0.05) is 30.3 Å². The Bertz CT molecular complexity index is 283. The molecule has 0 radical (unpaired) electrons. The highest BCUT2D eigenvalue weighted by atomic mass is 16.5. The Kier molecular flexibility index (Phi) is 4.80. The van der Waals surface area contributed by atoms with Gasteiger partial charge in [0.05, 0.1) is 26.6 Å². The summed E-state index contributed by atoms with van der Waals surface area (Å²) in [6.07, 6.45) is 0.991. The number of benzene rings is 1. The van der Waals surface area contributed by atoms with E-state index in [2.05, 4.69) is 29.2 Å². The Morgan fingerprint density at radius 3 is 2.62 bits per heavy atom. The Balaban J connectivity index is 1.58. The van der Waals surface area contributed by atoms with Crippen molar-refractivity contribution in [3.63, 3.8) is 0 Å². The van der Waals surface area contributed by atoms with Crippen LogP contribution in [0.1, 0.15) is 5.56 Å². The second-order valence-corrected chi connectivity index (χ2v) is 4.00. The molecule has 1 fully saturated rings. The van der Waals surface area contributed by atoms with Crippen molar-refractivity contribution in [2.24, 2.45) is 0 Å². The molecule has 0 saturated carbocycles. The predicted octanol–water partition coefficient (Wildman–Crippen LogP) is 1.54. The van der Waals surface area contributed by atoms with Crippen LogP contribution in [-0.4, -0.2) is 44.5 Å². The molecule has 1 aliphatic rings. The fourth-order valence-electron chi connectivity index (χ4n) is 1.76. The zero-order valence-corrected chi connectivity index (χ0v) is 9.60. The van der Waals surface area contributed by atoms with E-state index in [1.165, 1.54) is 5.56 Å². The molecule has 0 atom stereocenters. The Hall–Kier alpha value is -0.900. The lowest BCUT2D eigenvalue weighted by Crippen LogP contribution is -2.37. The molecule has 0 amide bonds. The average Bonchev–Trinajstić information content (AvgIpc) is 2.37. The van der Waals surface area contributed by atoms with E-state index < -0.39 is 0 Å². The first-order chi connectivity index (χ1) is 7.95. The number of hydrogen-bond acceptors (Lipinski definition) is 3. The lowest BCUT2D eigenvalue weighted by atomic mass is 10.2. The SMILES string of the molecule is c1ccc(CCOCN2CCOCC2)cc1. The maximum absolute atomic E-state index is 5.65. The van der Waals surface area contributed by atoms with Gasteiger partial charge < -0.3 is 9.47 Å². The topological polar surface area (TPSA) is 21.7 Å². The molecular weight excluding hydrogens is 202 g/mol. The summed E-state index contributed by atoms with van der Waals surface area (Å²) in [6, 6.07) is 10.4. The van der Waals surface area contributed by atoms with Crippen molar-refractivity contribution in [1.82, 2.24) is 4.90 Å². The molecule has 0 N–H and O–H groups in total. The first-order valence-electron chi connectivity index (χ1n) is 5.87. The second-order valence-electron chi connectivity index (χ2n) is 4.00. The van der Waals surface area contributed by atoms with Crippen molar-refractivity contribution < 1.29 is 9.47 Å². The third-order valence-corrected chi connectivity index (χ3v) is 2.76. The Morgan fingerprint density at radius 2 is 1.88 bits per heavy atom. The van der Waals surface area contributed by atoms with Gasteiger partial charge in [0.1, 0.15) is 0 Å². The summed E-state index contributed by atoms with van der Waals surface area (Å²) < 4.78 is 10.9. The number of nitrogens with zero attached hydrogens (tertiary/aromatic N) is 1. The standard InChI is InChI=1S/C13H19NO2/c1-2-4-13(5-3-1)6-9-16-12-14-7-10-15-11-8-14/h1-5H,6-12H2. The predicted molar refractivity (Wildman–Crippen MR) is 63.4 cm³/mol. The van der Waals surface area contributed by atoms with Gasteiger partial charge in [0.2, 0.25) is 0 Å². The highest BCUT2D eigenvalue weighted by Gasteiger charge is 2.09. The monoisotopic (exact) mass is 221 g/mol. The van der Waals surface area contributed by atoms with Crippen LogP contribution in [0.5, 0.6) is 0 Å². The fourth-order valence-corrected chi connectivity index (χ4v) is 1.76. The maximum Gasteiger partial charge on any atom is 0.0991 e. The molecule has 0 aliphatic carbocycles. The Morgan fingerprint density at radius 1 is 1.12 bits per heavy atom. The van der Waals surface area contributed by atoms with Crippen molar-refractivity contribution in [3.8, 4) is 0 Å². The molecular formula is C13H19NO2. The molecule has 88 valence electrons. The van der Waals surface area contributed by atoms with E-state index in [4.69, 9.17) is 9.47 Å². The number of morpholine rings is 1. The third-order valence-electron chi connectivity index (χ3n) is 2.76. The number of ether oxygens (including phenoxy) is 2. The lowest BCUT2D eigenvalue weighted by Gasteiger charge is -2.26. The molecule has 0 bridgehead atoms. The van der Waals surface area contributed by atoms with Crippen LogP contribution in [0, 0.1) is 0 Å². The average molecular weight is 221 g/mol. The molecule has 1 aromatic carbocycles. The van der Waals surface area contributed by atoms with Crippen LogP contribution in [0.2, 0.25) is 0 Å². The summed E-state index contributed by atoms with van der Waals surface area (Å²) in [4.78, 5) is 2.29. The van der Waals surface area contributed by atoms with E-state index in [0.717, 1.165) is 46.1 Å². The molecule has 0 aromatic heterocycles. The van der Waals surface area contributed by atoms with Gasteiger partial charge in [0, 0.05) is 13.1 Å². The quantitative estimate of drug-likeness (QED) is 0.704. The first-order valence-corrected chi connectivity index (χ1v) is 5.87. The van der Waals surface area contributed by atoms with Crippen LogP contribution in [-0.2, 0) is 15.9 Å². The van der Waals surface area contributed by atoms with E-state index in [-0.39, 0.29) is 0 Å². The summed E-state index contributed by atoms with van der Waals surface area (Å²) in [5.74, 6) is 0. The zero-order valence-electron chi connectivity index (χ0n) is 9.60. The van der Waals surface area contributed by atoms with Crippen molar-refractivity contribution in [1.29, 1.82) is 0 Å². The van der Waals surface area contributed by atoms with Gasteiger partial charge in [-0.25, -0.2) is 0 Å². The molecule has 0 unspecified atom stereocenters. The Labute approximate surface area is 97.0 Å². The zero-order chi connectivity index (χ0) is 11.1. The molecule has 1 saturated heterocycles. The minimum absolute atomic E-state index is 0.732. The highest BCUT2D eigenvalue weighted by molar-refractivity contribution is 5.14. The summed E-state index contributed by atoms with van der Waals surface area (Å²) >= 11 is 0. The van der Waals surface area contributed by atoms with Crippen LogP contribution in [0.3, 0.4) is 0 Å². The summed E-state index contributed by atoms with van der Waals surface area (Å²) in [5.41, 5.74) is 1.34. The minimum atomic E-state index is 0.732. The van der Waals surface area contributed by atoms with E-state index in [1.807, 2.05) is 6.07 Å². The number of rotatable bonds is 5. The van der Waals surface area contributed by atoms with Crippen LogP contribution in [0.4, 0.5) is 0 Å². The van der Waals surface area contributed by atoms with Gasteiger partial charge >= 0.3 is 0 Å². The summed E-state index contributed by atoms with van der Waals surface area (Å²) in [5, 5.41) is 0.